The quantitative estimate of drug-likeness (QED) is 0.825. The Bertz CT molecular complexity index is 601. The number of nitrogens with one attached hydrogen (secondary N) is 2. The van der Waals surface area contributed by atoms with Gasteiger partial charge in [0, 0.05) is 10.0 Å². The third kappa shape index (κ3) is 3.87. The first-order valence-corrected chi connectivity index (χ1v) is 6.79. The zero-order valence-electron chi connectivity index (χ0n) is 9.89. The van der Waals surface area contributed by atoms with Crippen LogP contribution < -0.4 is 10.6 Å². The minimum absolute atomic E-state index is 0.231. The van der Waals surface area contributed by atoms with E-state index in [4.69, 9.17) is 12.2 Å². The SMILES string of the molecule is O=C(NC(=S)Nc1ccccc1Br)c1ccccc1. The highest BCUT2D eigenvalue weighted by Gasteiger charge is 2.07. The molecule has 0 radical (unpaired) electrons. The molecule has 2 aromatic carbocycles. The summed E-state index contributed by atoms with van der Waals surface area (Å²) in [5, 5.41) is 5.86. The van der Waals surface area contributed by atoms with Crippen LogP contribution in [0.15, 0.2) is 59.1 Å². The number of thiocarbonyl (C=S) groups is 1. The summed E-state index contributed by atoms with van der Waals surface area (Å²) in [7, 11) is 0. The van der Waals surface area contributed by atoms with Crippen molar-refractivity contribution in [1.82, 2.24) is 5.32 Å². The smallest absolute Gasteiger partial charge is 0.257 e. The molecule has 0 bridgehead atoms. The minimum Gasteiger partial charge on any atom is -0.331 e. The molecule has 0 aliphatic rings. The first-order valence-electron chi connectivity index (χ1n) is 5.59. The van der Waals surface area contributed by atoms with E-state index in [-0.39, 0.29) is 11.0 Å². The fraction of sp³-hybridized carbons (Fsp3) is 0. The maximum atomic E-state index is 11.9. The number of amides is 1. The fourth-order valence-corrected chi connectivity index (χ4v) is 2.07. The lowest BCUT2D eigenvalue weighted by atomic mass is 10.2. The number of halogens is 1. The van der Waals surface area contributed by atoms with Gasteiger partial charge in [-0.05, 0) is 52.4 Å². The van der Waals surface area contributed by atoms with Crippen molar-refractivity contribution in [3.8, 4) is 0 Å². The van der Waals surface area contributed by atoms with Gasteiger partial charge in [-0.1, -0.05) is 30.3 Å². The van der Waals surface area contributed by atoms with Crippen molar-refractivity contribution in [1.29, 1.82) is 0 Å². The number of carbonyl (C=O) groups is 1. The second-order valence-corrected chi connectivity index (χ2v) is 5.02. The van der Waals surface area contributed by atoms with Crippen molar-refractivity contribution < 1.29 is 4.79 Å². The molecule has 2 rings (SSSR count). The summed E-state index contributed by atoms with van der Waals surface area (Å²) in [6.45, 7) is 0. The zero-order chi connectivity index (χ0) is 13.7. The lowest BCUT2D eigenvalue weighted by molar-refractivity contribution is 0.0978. The number of benzene rings is 2. The molecule has 3 nitrogen and oxygen atoms in total. The van der Waals surface area contributed by atoms with E-state index in [0.717, 1.165) is 10.2 Å². The van der Waals surface area contributed by atoms with Gasteiger partial charge in [0.1, 0.15) is 0 Å². The van der Waals surface area contributed by atoms with E-state index in [0.29, 0.717) is 5.56 Å². The summed E-state index contributed by atoms with van der Waals surface area (Å²) in [4.78, 5) is 11.9. The van der Waals surface area contributed by atoms with Crippen molar-refractivity contribution in [3.05, 3.63) is 64.6 Å². The molecule has 2 N–H and O–H groups in total. The third-order valence-corrected chi connectivity index (χ3v) is 3.28. The van der Waals surface area contributed by atoms with Gasteiger partial charge in [-0.3, -0.25) is 10.1 Å². The lowest BCUT2D eigenvalue weighted by Crippen LogP contribution is -2.34. The summed E-state index contributed by atoms with van der Waals surface area (Å²) in [5.41, 5.74) is 1.37. The highest BCUT2D eigenvalue weighted by Crippen LogP contribution is 2.20. The summed E-state index contributed by atoms with van der Waals surface area (Å²) in [6.07, 6.45) is 0. The molecule has 5 heteroatoms. The van der Waals surface area contributed by atoms with Crippen LogP contribution in [0.3, 0.4) is 0 Å². The third-order valence-electron chi connectivity index (χ3n) is 2.39. The first-order chi connectivity index (χ1) is 9.16. The van der Waals surface area contributed by atoms with Crippen LogP contribution in [0.5, 0.6) is 0 Å². The van der Waals surface area contributed by atoms with Gasteiger partial charge in [-0.2, -0.15) is 0 Å². The van der Waals surface area contributed by atoms with Gasteiger partial charge in [0.05, 0.1) is 5.69 Å². The van der Waals surface area contributed by atoms with Crippen molar-refractivity contribution in [2.45, 2.75) is 0 Å². The van der Waals surface area contributed by atoms with Crippen LogP contribution in [0.2, 0.25) is 0 Å². The van der Waals surface area contributed by atoms with E-state index in [1.165, 1.54) is 0 Å². The summed E-state index contributed by atoms with van der Waals surface area (Å²) < 4.78 is 0.881. The number of hydrogen-bond donors (Lipinski definition) is 2. The predicted octanol–water partition coefficient (Wildman–Crippen LogP) is 3.58. The van der Waals surface area contributed by atoms with E-state index in [1.54, 1.807) is 24.3 Å². The maximum Gasteiger partial charge on any atom is 0.257 e. The average Bonchev–Trinajstić information content (AvgIpc) is 2.42. The van der Waals surface area contributed by atoms with Gasteiger partial charge in [-0.25, -0.2) is 0 Å². The topological polar surface area (TPSA) is 41.1 Å². The Kier molecular flexibility index (Phi) is 4.65. The van der Waals surface area contributed by atoms with E-state index in [1.807, 2.05) is 30.3 Å². The van der Waals surface area contributed by atoms with Crippen LogP contribution in [0.1, 0.15) is 10.4 Å². The Labute approximate surface area is 125 Å². The molecule has 0 aliphatic heterocycles. The Hall–Kier alpha value is -1.72. The predicted molar refractivity (Wildman–Crippen MR) is 84.3 cm³/mol. The van der Waals surface area contributed by atoms with E-state index < -0.39 is 0 Å². The van der Waals surface area contributed by atoms with Crippen LogP contribution in [0.4, 0.5) is 5.69 Å². The molecular weight excluding hydrogens is 324 g/mol. The molecule has 0 spiro atoms. The molecule has 0 fully saturated rings. The highest BCUT2D eigenvalue weighted by atomic mass is 79.9. The van der Waals surface area contributed by atoms with Crippen molar-refractivity contribution in [3.63, 3.8) is 0 Å². The Morgan fingerprint density at radius 3 is 2.32 bits per heavy atom. The zero-order valence-corrected chi connectivity index (χ0v) is 12.3. The number of carbonyl (C=O) groups excluding carboxylic acids is 1. The normalized spacial score (nSPS) is 9.74. The van der Waals surface area contributed by atoms with Crippen molar-refractivity contribution in [2.75, 3.05) is 5.32 Å². The Morgan fingerprint density at radius 1 is 1.00 bits per heavy atom. The van der Waals surface area contributed by atoms with Gasteiger partial charge >= 0.3 is 0 Å². The van der Waals surface area contributed by atoms with Crippen LogP contribution >= 0.6 is 28.1 Å². The van der Waals surface area contributed by atoms with Crippen molar-refractivity contribution in [2.24, 2.45) is 0 Å². The summed E-state index contributed by atoms with van der Waals surface area (Å²) in [5.74, 6) is -0.231. The first kappa shape index (κ1) is 13.7. The van der Waals surface area contributed by atoms with Gasteiger partial charge in [0.25, 0.3) is 5.91 Å². The minimum atomic E-state index is -0.231. The maximum absolute atomic E-state index is 11.9. The number of para-hydroxylation sites is 1. The van der Waals surface area contributed by atoms with E-state index >= 15 is 0 Å². The molecule has 1 amide bonds. The van der Waals surface area contributed by atoms with E-state index in [2.05, 4.69) is 26.6 Å². The fourth-order valence-electron chi connectivity index (χ4n) is 1.48. The molecule has 2 aromatic rings. The second kappa shape index (κ2) is 6.45. The molecule has 0 atom stereocenters. The average molecular weight is 335 g/mol. The van der Waals surface area contributed by atoms with Gasteiger partial charge in [0.2, 0.25) is 0 Å². The molecule has 0 aliphatic carbocycles. The van der Waals surface area contributed by atoms with Gasteiger partial charge < -0.3 is 5.32 Å². The lowest BCUT2D eigenvalue weighted by Gasteiger charge is -2.10. The molecule has 0 saturated heterocycles. The summed E-state index contributed by atoms with van der Waals surface area (Å²) in [6, 6.07) is 16.5. The molecule has 19 heavy (non-hydrogen) atoms. The largest absolute Gasteiger partial charge is 0.331 e. The van der Waals surface area contributed by atoms with Gasteiger partial charge in [-0.15, -0.1) is 0 Å². The van der Waals surface area contributed by atoms with E-state index in [9.17, 15) is 4.79 Å². The van der Waals surface area contributed by atoms with Crippen molar-refractivity contribution >= 4 is 44.9 Å². The Balaban J connectivity index is 1.99. The Morgan fingerprint density at radius 2 is 1.63 bits per heavy atom. The second-order valence-electron chi connectivity index (χ2n) is 3.75. The molecule has 0 saturated carbocycles. The molecule has 0 aromatic heterocycles. The monoisotopic (exact) mass is 334 g/mol. The van der Waals surface area contributed by atoms with Crippen LogP contribution in [0, 0.1) is 0 Å². The number of rotatable bonds is 2. The molecule has 0 unspecified atom stereocenters. The molecular formula is C14H11BrN2OS. The van der Waals surface area contributed by atoms with Crippen LogP contribution in [-0.4, -0.2) is 11.0 Å². The summed E-state index contributed by atoms with van der Waals surface area (Å²) >= 11 is 8.51. The van der Waals surface area contributed by atoms with Gasteiger partial charge in [0.15, 0.2) is 5.11 Å². The molecule has 96 valence electrons. The number of anilines is 1. The van der Waals surface area contributed by atoms with Crippen LogP contribution in [-0.2, 0) is 0 Å². The highest BCUT2D eigenvalue weighted by molar-refractivity contribution is 9.10. The number of hydrogen-bond acceptors (Lipinski definition) is 2. The standard InChI is InChI=1S/C14H11BrN2OS/c15-11-8-4-5-9-12(11)16-14(19)17-13(18)10-6-2-1-3-7-10/h1-9H,(H2,16,17,18,19). The van der Waals surface area contributed by atoms with Crippen LogP contribution in [0.25, 0.3) is 0 Å². The molecule has 0 heterocycles.